The Labute approximate surface area is 130 Å². The standard InChI is InChI=1S/C19H18O3/c1-22-19(21)12-11-16-7-5-15(6-8-16)9-10-17-3-2-4-18(13-17)14-20/h2-8,13,20H,11-12,14H2,1H3. The molecular formula is C19H18O3. The maximum Gasteiger partial charge on any atom is 0.305 e. The van der Waals surface area contributed by atoms with Crippen molar-refractivity contribution in [2.75, 3.05) is 7.11 Å². The molecule has 0 saturated carbocycles. The summed E-state index contributed by atoms with van der Waals surface area (Å²) in [4.78, 5) is 11.1. The van der Waals surface area contributed by atoms with Crippen LogP contribution in [-0.4, -0.2) is 18.2 Å². The lowest BCUT2D eigenvalue weighted by molar-refractivity contribution is -0.140. The summed E-state index contributed by atoms with van der Waals surface area (Å²) in [6, 6.07) is 15.3. The van der Waals surface area contributed by atoms with E-state index < -0.39 is 0 Å². The smallest absolute Gasteiger partial charge is 0.305 e. The van der Waals surface area contributed by atoms with Crippen molar-refractivity contribution in [1.82, 2.24) is 0 Å². The number of rotatable bonds is 4. The number of hydrogen-bond donors (Lipinski definition) is 1. The largest absolute Gasteiger partial charge is 0.469 e. The number of benzene rings is 2. The van der Waals surface area contributed by atoms with Crippen LogP contribution in [0.2, 0.25) is 0 Å². The zero-order valence-electron chi connectivity index (χ0n) is 12.5. The Morgan fingerprint density at radius 2 is 1.77 bits per heavy atom. The third-order valence-electron chi connectivity index (χ3n) is 3.26. The van der Waals surface area contributed by atoms with E-state index in [0.717, 1.165) is 22.3 Å². The van der Waals surface area contributed by atoms with E-state index in [4.69, 9.17) is 5.11 Å². The fourth-order valence-corrected chi connectivity index (χ4v) is 1.99. The number of methoxy groups -OCH3 is 1. The Kier molecular flexibility index (Phi) is 5.76. The van der Waals surface area contributed by atoms with Gasteiger partial charge in [0.15, 0.2) is 0 Å². The van der Waals surface area contributed by atoms with Crippen LogP contribution in [0.5, 0.6) is 0 Å². The molecule has 0 fully saturated rings. The number of carbonyl (C=O) groups is 1. The number of esters is 1. The molecule has 0 spiro atoms. The van der Waals surface area contributed by atoms with Gasteiger partial charge in [0.25, 0.3) is 0 Å². The Balaban J connectivity index is 2.02. The van der Waals surface area contributed by atoms with Crippen LogP contribution >= 0.6 is 0 Å². The van der Waals surface area contributed by atoms with Crippen molar-refractivity contribution >= 4 is 5.97 Å². The van der Waals surface area contributed by atoms with Crippen LogP contribution in [0.4, 0.5) is 0 Å². The lowest BCUT2D eigenvalue weighted by atomic mass is 10.1. The molecule has 2 aromatic carbocycles. The summed E-state index contributed by atoms with van der Waals surface area (Å²) in [6.45, 7) is 0.0183. The first-order chi connectivity index (χ1) is 10.7. The van der Waals surface area contributed by atoms with E-state index in [1.807, 2.05) is 48.5 Å². The van der Waals surface area contributed by atoms with Crippen molar-refractivity contribution in [3.05, 3.63) is 70.8 Å². The summed E-state index contributed by atoms with van der Waals surface area (Å²) in [5, 5.41) is 9.10. The Morgan fingerprint density at radius 1 is 1.05 bits per heavy atom. The van der Waals surface area contributed by atoms with Crippen LogP contribution < -0.4 is 0 Å². The molecule has 2 rings (SSSR count). The number of hydrogen-bond acceptors (Lipinski definition) is 3. The van der Waals surface area contributed by atoms with Gasteiger partial charge >= 0.3 is 5.97 Å². The topological polar surface area (TPSA) is 46.5 Å². The van der Waals surface area contributed by atoms with E-state index in [1.165, 1.54) is 7.11 Å². The molecule has 0 amide bonds. The molecule has 0 heterocycles. The van der Waals surface area contributed by atoms with Crippen molar-refractivity contribution in [2.24, 2.45) is 0 Å². The summed E-state index contributed by atoms with van der Waals surface area (Å²) >= 11 is 0. The van der Waals surface area contributed by atoms with E-state index in [9.17, 15) is 4.79 Å². The van der Waals surface area contributed by atoms with Crippen LogP contribution in [0.1, 0.15) is 28.7 Å². The van der Waals surface area contributed by atoms with Crippen molar-refractivity contribution < 1.29 is 14.6 Å². The third-order valence-corrected chi connectivity index (χ3v) is 3.26. The Hall–Kier alpha value is -2.57. The maximum atomic E-state index is 11.1. The van der Waals surface area contributed by atoms with Crippen LogP contribution in [0.15, 0.2) is 48.5 Å². The normalized spacial score (nSPS) is 9.73. The van der Waals surface area contributed by atoms with Crippen LogP contribution in [0, 0.1) is 11.8 Å². The van der Waals surface area contributed by atoms with Crippen LogP contribution in [0.25, 0.3) is 0 Å². The molecule has 0 bridgehead atoms. The molecule has 2 aromatic rings. The summed E-state index contributed by atoms with van der Waals surface area (Å²) < 4.78 is 4.62. The molecule has 112 valence electrons. The average Bonchev–Trinajstić information content (AvgIpc) is 2.58. The molecule has 0 aliphatic carbocycles. The van der Waals surface area contributed by atoms with E-state index in [-0.39, 0.29) is 12.6 Å². The lowest BCUT2D eigenvalue weighted by Crippen LogP contribution is -2.01. The number of aliphatic hydroxyl groups excluding tert-OH is 1. The van der Waals surface area contributed by atoms with Gasteiger partial charge in [-0.3, -0.25) is 4.79 Å². The lowest BCUT2D eigenvalue weighted by Gasteiger charge is -2.00. The Bertz CT molecular complexity index is 691. The van der Waals surface area contributed by atoms with Crippen LogP contribution in [-0.2, 0) is 22.6 Å². The third kappa shape index (κ3) is 4.76. The highest BCUT2D eigenvalue weighted by Crippen LogP contribution is 2.08. The molecule has 3 heteroatoms. The minimum absolute atomic E-state index is 0.0183. The number of aliphatic hydroxyl groups is 1. The van der Waals surface area contributed by atoms with Crippen molar-refractivity contribution in [3.63, 3.8) is 0 Å². The molecule has 0 radical (unpaired) electrons. The van der Waals surface area contributed by atoms with E-state index in [0.29, 0.717) is 12.8 Å². The summed E-state index contributed by atoms with van der Waals surface area (Å²) in [6.07, 6.45) is 1.05. The molecule has 0 aliphatic rings. The van der Waals surface area contributed by atoms with Gasteiger partial charge in [-0.15, -0.1) is 0 Å². The predicted molar refractivity (Wildman–Crippen MR) is 85.1 cm³/mol. The number of aryl methyl sites for hydroxylation is 1. The first-order valence-corrected chi connectivity index (χ1v) is 7.09. The minimum Gasteiger partial charge on any atom is -0.469 e. The maximum absolute atomic E-state index is 11.1. The fourth-order valence-electron chi connectivity index (χ4n) is 1.99. The van der Waals surface area contributed by atoms with E-state index >= 15 is 0 Å². The molecule has 0 atom stereocenters. The number of carbonyl (C=O) groups excluding carboxylic acids is 1. The first-order valence-electron chi connectivity index (χ1n) is 7.09. The van der Waals surface area contributed by atoms with Gasteiger partial charge in [0.1, 0.15) is 0 Å². The highest BCUT2D eigenvalue weighted by Gasteiger charge is 2.01. The van der Waals surface area contributed by atoms with E-state index in [2.05, 4.69) is 16.6 Å². The Morgan fingerprint density at radius 3 is 2.45 bits per heavy atom. The first kappa shape index (κ1) is 15.8. The van der Waals surface area contributed by atoms with Gasteiger partial charge in [-0.05, 0) is 41.8 Å². The van der Waals surface area contributed by atoms with Gasteiger partial charge in [-0.1, -0.05) is 36.1 Å². The zero-order valence-corrected chi connectivity index (χ0v) is 12.5. The van der Waals surface area contributed by atoms with Gasteiger partial charge in [0, 0.05) is 17.5 Å². The molecule has 0 aromatic heterocycles. The van der Waals surface area contributed by atoms with Gasteiger partial charge in [-0.25, -0.2) is 0 Å². The zero-order chi connectivity index (χ0) is 15.8. The average molecular weight is 294 g/mol. The minimum atomic E-state index is -0.201. The molecule has 0 aliphatic heterocycles. The summed E-state index contributed by atoms with van der Waals surface area (Å²) in [5.41, 5.74) is 3.72. The highest BCUT2D eigenvalue weighted by atomic mass is 16.5. The van der Waals surface area contributed by atoms with Crippen molar-refractivity contribution in [1.29, 1.82) is 0 Å². The van der Waals surface area contributed by atoms with Gasteiger partial charge in [0.2, 0.25) is 0 Å². The SMILES string of the molecule is COC(=O)CCc1ccc(C#Cc2cccc(CO)c2)cc1. The number of ether oxygens (including phenoxy) is 1. The van der Waals surface area contributed by atoms with Crippen molar-refractivity contribution in [3.8, 4) is 11.8 Å². The van der Waals surface area contributed by atoms with Gasteiger partial charge < -0.3 is 9.84 Å². The fraction of sp³-hybridized carbons (Fsp3) is 0.211. The summed E-state index contributed by atoms with van der Waals surface area (Å²) in [5.74, 6) is 5.97. The molecule has 3 nitrogen and oxygen atoms in total. The van der Waals surface area contributed by atoms with Crippen molar-refractivity contribution in [2.45, 2.75) is 19.4 Å². The molecule has 22 heavy (non-hydrogen) atoms. The van der Waals surface area contributed by atoms with Gasteiger partial charge in [-0.2, -0.15) is 0 Å². The molecular weight excluding hydrogens is 276 g/mol. The highest BCUT2D eigenvalue weighted by molar-refractivity contribution is 5.69. The predicted octanol–water partition coefficient (Wildman–Crippen LogP) is 2.68. The van der Waals surface area contributed by atoms with Crippen LogP contribution in [0.3, 0.4) is 0 Å². The second kappa shape index (κ2) is 8.02. The quantitative estimate of drug-likeness (QED) is 0.696. The van der Waals surface area contributed by atoms with Gasteiger partial charge in [0.05, 0.1) is 13.7 Å². The molecule has 0 saturated heterocycles. The second-order valence-electron chi connectivity index (χ2n) is 4.88. The second-order valence-corrected chi connectivity index (χ2v) is 4.88. The molecule has 1 N–H and O–H groups in total. The van der Waals surface area contributed by atoms with E-state index in [1.54, 1.807) is 0 Å². The summed E-state index contributed by atoms with van der Waals surface area (Å²) in [7, 11) is 1.40. The monoisotopic (exact) mass is 294 g/mol. The molecule has 0 unspecified atom stereocenters.